The first-order valence-corrected chi connectivity index (χ1v) is 6.30. The zero-order valence-electron chi connectivity index (χ0n) is 10.7. The fourth-order valence-corrected chi connectivity index (χ4v) is 2.35. The van der Waals surface area contributed by atoms with Crippen molar-refractivity contribution in [2.45, 2.75) is 25.7 Å². The first-order valence-electron chi connectivity index (χ1n) is 6.30. The second-order valence-electron chi connectivity index (χ2n) is 4.69. The molecule has 0 aliphatic carbocycles. The summed E-state index contributed by atoms with van der Waals surface area (Å²) in [6, 6.07) is 1.95. The van der Waals surface area contributed by atoms with Gasteiger partial charge in [0.15, 0.2) is 0 Å². The Morgan fingerprint density at radius 2 is 2.41 bits per heavy atom. The van der Waals surface area contributed by atoms with Crippen molar-refractivity contribution in [2.24, 2.45) is 0 Å². The first-order chi connectivity index (χ1) is 8.29. The van der Waals surface area contributed by atoms with Crippen molar-refractivity contribution in [1.29, 1.82) is 0 Å². The average Bonchev–Trinajstić information content (AvgIpc) is 2.37. The SMILES string of the molecule is COCCN1CCCC(c2nccc(C)n2)C1. The molecular weight excluding hydrogens is 214 g/mol. The molecule has 4 nitrogen and oxygen atoms in total. The summed E-state index contributed by atoms with van der Waals surface area (Å²) in [5, 5.41) is 0. The highest BCUT2D eigenvalue weighted by Gasteiger charge is 2.22. The summed E-state index contributed by atoms with van der Waals surface area (Å²) in [7, 11) is 1.76. The largest absolute Gasteiger partial charge is 0.383 e. The third kappa shape index (κ3) is 3.48. The Hall–Kier alpha value is -1.00. The van der Waals surface area contributed by atoms with E-state index in [2.05, 4.69) is 14.9 Å². The monoisotopic (exact) mass is 235 g/mol. The summed E-state index contributed by atoms with van der Waals surface area (Å²) in [6.07, 6.45) is 4.30. The molecule has 17 heavy (non-hydrogen) atoms. The second kappa shape index (κ2) is 6.07. The molecule has 0 radical (unpaired) electrons. The van der Waals surface area contributed by atoms with Crippen molar-refractivity contribution in [3.8, 4) is 0 Å². The van der Waals surface area contributed by atoms with E-state index in [0.717, 1.165) is 31.2 Å². The molecule has 0 aromatic carbocycles. The zero-order chi connectivity index (χ0) is 12.1. The number of piperidine rings is 1. The predicted octanol–water partition coefficient (Wildman–Crippen LogP) is 1.61. The Kier molecular flexibility index (Phi) is 4.45. The van der Waals surface area contributed by atoms with Gasteiger partial charge in [0.25, 0.3) is 0 Å². The van der Waals surface area contributed by atoms with Gasteiger partial charge in [0.1, 0.15) is 5.82 Å². The van der Waals surface area contributed by atoms with Crippen LogP contribution in [0.4, 0.5) is 0 Å². The van der Waals surface area contributed by atoms with E-state index < -0.39 is 0 Å². The maximum absolute atomic E-state index is 5.13. The van der Waals surface area contributed by atoms with Gasteiger partial charge in [0.2, 0.25) is 0 Å². The van der Waals surface area contributed by atoms with Crippen molar-refractivity contribution in [3.05, 3.63) is 23.8 Å². The number of ether oxygens (including phenoxy) is 1. The number of aromatic nitrogens is 2. The van der Waals surface area contributed by atoms with Gasteiger partial charge < -0.3 is 9.64 Å². The summed E-state index contributed by atoms with van der Waals surface area (Å²) in [5.74, 6) is 1.49. The van der Waals surface area contributed by atoms with Crippen LogP contribution in [0.15, 0.2) is 12.3 Å². The van der Waals surface area contributed by atoms with Crippen molar-refractivity contribution >= 4 is 0 Å². The standard InChI is InChI=1S/C13H21N3O/c1-11-5-6-14-13(15-11)12-4-3-7-16(10-12)8-9-17-2/h5-6,12H,3-4,7-10H2,1-2H3. The van der Waals surface area contributed by atoms with Gasteiger partial charge in [0.05, 0.1) is 6.61 Å². The van der Waals surface area contributed by atoms with Gasteiger partial charge in [-0.05, 0) is 32.4 Å². The smallest absolute Gasteiger partial charge is 0.132 e. The zero-order valence-corrected chi connectivity index (χ0v) is 10.7. The molecule has 0 amide bonds. The topological polar surface area (TPSA) is 38.2 Å². The summed E-state index contributed by atoms with van der Waals surface area (Å²) in [4.78, 5) is 11.4. The van der Waals surface area contributed by atoms with Gasteiger partial charge in [-0.15, -0.1) is 0 Å². The van der Waals surface area contributed by atoms with E-state index in [1.165, 1.54) is 19.4 Å². The molecule has 1 saturated heterocycles. The van der Waals surface area contributed by atoms with E-state index in [4.69, 9.17) is 4.74 Å². The highest BCUT2D eigenvalue weighted by molar-refractivity contribution is 5.05. The number of hydrogen-bond acceptors (Lipinski definition) is 4. The number of nitrogens with zero attached hydrogens (tertiary/aromatic N) is 3. The Balaban J connectivity index is 1.97. The fraction of sp³-hybridized carbons (Fsp3) is 0.692. The van der Waals surface area contributed by atoms with E-state index in [0.29, 0.717) is 5.92 Å². The molecule has 1 aliphatic rings. The maximum Gasteiger partial charge on any atom is 0.132 e. The molecule has 0 bridgehead atoms. The van der Waals surface area contributed by atoms with Crippen molar-refractivity contribution in [1.82, 2.24) is 14.9 Å². The molecule has 0 saturated carbocycles. The quantitative estimate of drug-likeness (QED) is 0.794. The van der Waals surface area contributed by atoms with Gasteiger partial charge >= 0.3 is 0 Å². The van der Waals surface area contributed by atoms with Crippen LogP contribution in [0, 0.1) is 6.92 Å². The molecule has 1 fully saturated rings. The Morgan fingerprint density at radius 3 is 3.18 bits per heavy atom. The Labute approximate surface area is 103 Å². The Bertz CT molecular complexity index is 356. The number of methoxy groups -OCH3 is 1. The molecular formula is C13H21N3O. The summed E-state index contributed by atoms with van der Waals surface area (Å²) >= 11 is 0. The van der Waals surface area contributed by atoms with Crippen LogP contribution in [0.5, 0.6) is 0 Å². The van der Waals surface area contributed by atoms with E-state index in [1.807, 2.05) is 19.2 Å². The molecule has 0 N–H and O–H groups in total. The van der Waals surface area contributed by atoms with Crippen molar-refractivity contribution in [2.75, 3.05) is 33.4 Å². The molecule has 0 spiro atoms. The highest BCUT2D eigenvalue weighted by atomic mass is 16.5. The Morgan fingerprint density at radius 1 is 1.53 bits per heavy atom. The van der Waals surface area contributed by atoms with Gasteiger partial charge in [-0.2, -0.15) is 0 Å². The summed E-state index contributed by atoms with van der Waals surface area (Å²) in [6.45, 7) is 6.08. The minimum atomic E-state index is 0.487. The van der Waals surface area contributed by atoms with E-state index >= 15 is 0 Å². The third-order valence-corrected chi connectivity index (χ3v) is 3.30. The van der Waals surface area contributed by atoms with Crippen LogP contribution < -0.4 is 0 Å². The van der Waals surface area contributed by atoms with Crippen molar-refractivity contribution < 1.29 is 4.74 Å². The van der Waals surface area contributed by atoms with Gasteiger partial charge in [-0.1, -0.05) is 0 Å². The lowest BCUT2D eigenvalue weighted by Gasteiger charge is -2.31. The molecule has 2 heterocycles. The highest BCUT2D eigenvalue weighted by Crippen LogP contribution is 2.23. The van der Waals surface area contributed by atoms with Gasteiger partial charge in [-0.3, -0.25) is 0 Å². The second-order valence-corrected chi connectivity index (χ2v) is 4.69. The van der Waals surface area contributed by atoms with E-state index in [9.17, 15) is 0 Å². The first kappa shape index (κ1) is 12.5. The summed E-state index contributed by atoms with van der Waals surface area (Å²) in [5.41, 5.74) is 1.06. The lowest BCUT2D eigenvalue weighted by molar-refractivity contribution is 0.127. The summed E-state index contributed by atoms with van der Waals surface area (Å²) < 4.78 is 5.13. The van der Waals surface area contributed by atoms with Crippen molar-refractivity contribution in [3.63, 3.8) is 0 Å². The van der Waals surface area contributed by atoms with Crippen LogP contribution >= 0.6 is 0 Å². The lowest BCUT2D eigenvalue weighted by atomic mass is 9.97. The number of rotatable bonds is 4. The van der Waals surface area contributed by atoms with Crippen LogP contribution in [0.1, 0.15) is 30.3 Å². The van der Waals surface area contributed by atoms with E-state index in [1.54, 1.807) is 7.11 Å². The lowest BCUT2D eigenvalue weighted by Crippen LogP contribution is -2.37. The van der Waals surface area contributed by atoms with E-state index in [-0.39, 0.29) is 0 Å². The number of aryl methyl sites for hydroxylation is 1. The molecule has 4 heteroatoms. The normalized spacial score (nSPS) is 21.6. The van der Waals surface area contributed by atoms with Crippen LogP contribution in [0.25, 0.3) is 0 Å². The van der Waals surface area contributed by atoms with Crippen LogP contribution in [-0.4, -0.2) is 48.2 Å². The average molecular weight is 235 g/mol. The molecule has 2 rings (SSSR count). The number of hydrogen-bond donors (Lipinski definition) is 0. The minimum Gasteiger partial charge on any atom is -0.383 e. The van der Waals surface area contributed by atoms with Gasteiger partial charge in [-0.25, -0.2) is 9.97 Å². The molecule has 1 unspecified atom stereocenters. The molecule has 1 aliphatic heterocycles. The predicted molar refractivity (Wildman–Crippen MR) is 67.1 cm³/mol. The molecule has 1 aromatic heterocycles. The van der Waals surface area contributed by atoms with Crippen LogP contribution in [0.2, 0.25) is 0 Å². The fourth-order valence-electron chi connectivity index (χ4n) is 2.35. The molecule has 94 valence electrons. The maximum atomic E-state index is 5.13. The molecule has 1 aromatic rings. The minimum absolute atomic E-state index is 0.487. The van der Waals surface area contributed by atoms with Gasteiger partial charge in [0, 0.05) is 38.0 Å². The number of likely N-dealkylation sites (tertiary alicyclic amines) is 1. The third-order valence-electron chi connectivity index (χ3n) is 3.30. The molecule has 1 atom stereocenters. The van der Waals surface area contributed by atoms with Crippen LogP contribution in [-0.2, 0) is 4.74 Å². The van der Waals surface area contributed by atoms with Crippen LogP contribution in [0.3, 0.4) is 0 Å².